The SMILES string of the molecule is Oc1ccc(-c2cccc(C(c3cccc(-c4ccc(O)cc4)c3)C(c3cccc(-c4ccc(O)cc4)c3)c3cccc(-c4ccc(O)cc4)c3)c2)cc1. The molecule has 0 saturated heterocycles. The fourth-order valence-corrected chi connectivity index (χ4v) is 7.42. The summed E-state index contributed by atoms with van der Waals surface area (Å²) in [6.07, 6.45) is 0. The summed E-state index contributed by atoms with van der Waals surface area (Å²) >= 11 is 0. The van der Waals surface area contributed by atoms with Gasteiger partial charge in [-0.1, -0.05) is 146 Å². The molecule has 0 amide bonds. The van der Waals surface area contributed by atoms with Gasteiger partial charge >= 0.3 is 0 Å². The van der Waals surface area contributed by atoms with Crippen molar-refractivity contribution in [2.75, 3.05) is 0 Å². The second-order valence-corrected chi connectivity index (χ2v) is 13.6. The van der Waals surface area contributed by atoms with Crippen LogP contribution < -0.4 is 0 Å². The van der Waals surface area contributed by atoms with Gasteiger partial charge in [0.05, 0.1) is 0 Å². The zero-order valence-electron chi connectivity index (χ0n) is 29.4. The van der Waals surface area contributed by atoms with Crippen molar-refractivity contribution in [1.29, 1.82) is 0 Å². The Morgan fingerprint density at radius 2 is 0.426 bits per heavy atom. The van der Waals surface area contributed by atoms with E-state index in [1.165, 1.54) is 0 Å². The molecule has 0 aliphatic rings. The van der Waals surface area contributed by atoms with Crippen LogP contribution in [-0.4, -0.2) is 20.4 Å². The first kappa shape index (κ1) is 34.1. The zero-order valence-corrected chi connectivity index (χ0v) is 29.4. The molecule has 54 heavy (non-hydrogen) atoms. The standard InChI is InChI=1S/C50H38O4/c51-45-21-13-33(14-22-45)37-5-1-9-41(29-37)49(42-10-2-6-38(30-42)34-15-23-46(52)24-16-34)50(43-11-3-7-39(31-43)35-17-25-47(53)26-18-35)44-12-4-8-40(32-44)36-19-27-48(54)28-20-36/h1-32,49-54H. The molecular formula is C50H38O4. The van der Waals surface area contributed by atoms with Gasteiger partial charge in [0.1, 0.15) is 23.0 Å². The average Bonchev–Trinajstić information content (AvgIpc) is 3.21. The third kappa shape index (κ3) is 7.32. The molecule has 0 aliphatic carbocycles. The van der Waals surface area contributed by atoms with Gasteiger partial charge in [0.2, 0.25) is 0 Å². The maximum absolute atomic E-state index is 10.1. The van der Waals surface area contributed by atoms with Gasteiger partial charge in [-0.25, -0.2) is 0 Å². The van der Waals surface area contributed by atoms with Crippen molar-refractivity contribution in [1.82, 2.24) is 0 Å². The molecule has 8 aromatic carbocycles. The van der Waals surface area contributed by atoms with Crippen LogP contribution in [0.15, 0.2) is 194 Å². The molecule has 0 saturated carbocycles. The minimum atomic E-state index is -0.163. The summed E-state index contributed by atoms with van der Waals surface area (Å²) in [5.74, 6) is 0.567. The lowest BCUT2D eigenvalue weighted by molar-refractivity contribution is 0.475. The quantitative estimate of drug-likeness (QED) is 0.121. The minimum Gasteiger partial charge on any atom is -0.508 e. The molecule has 0 bridgehead atoms. The van der Waals surface area contributed by atoms with Crippen LogP contribution in [-0.2, 0) is 0 Å². The molecule has 8 aromatic rings. The third-order valence-electron chi connectivity index (χ3n) is 10.1. The Bertz CT molecular complexity index is 2160. The molecule has 0 radical (unpaired) electrons. The molecule has 0 aliphatic heterocycles. The predicted octanol–water partition coefficient (Wildman–Crippen LogP) is 12.1. The van der Waals surface area contributed by atoms with E-state index in [1.54, 1.807) is 48.5 Å². The average molecular weight is 703 g/mol. The van der Waals surface area contributed by atoms with Crippen molar-refractivity contribution in [3.05, 3.63) is 216 Å². The molecule has 0 aromatic heterocycles. The van der Waals surface area contributed by atoms with E-state index in [2.05, 4.69) is 97.1 Å². The Morgan fingerprint density at radius 3 is 0.630 bits per heavy atom. The highest BCUT2D eigenvalue weighted by molar-refractivity contribution is 5.71. The summed E-state index contributed by atoms with van der Waals surface area (Å²) in [5, 5.41) is 40.2. The lowest BCUT2D eigenvalue weighted by atomic mass is 9.72. The lowest BCUT2D eigenvalue weighted by Crippen LogP contribution is -2.15. The van der Waals surface area contributed by atoms with Crippen molar-refractivity contribution >= 4 is 0 Å². The molecule has 0 atom stereocenters. The number of aromatic hydroxyl groups is 4. The summed E-state index contributed by atoms with van der Waals surface area (Å²) in [6, 6.07) is 63.9. The number of hydrogen-bond donors (Lipinski definition) is 4. The van der Waals surface area contributed by atoms with Crippen LogP contribution in [0.25, 0.3) is 44.5 Å². The second-order valence-electron chi connectivity index (χ2n) is 13.6. The zero-order chi connectivity index (χ0) is 37.0. The van der Waals surface area contributed by atoms with Gasteiger partial charge in [0.15, 0.2) is 0 Å². The summed E-state index contributed by atoms with van der Waals surface area (Å²) in [6.45, 7) is 0. The van der Waals surface area contributed by atoms with Crippen molar-refractivity contribution in [2.24, 2.45) is 0 Å². The molecule has 4 nitrogen and oxygen atoms in total. The van der Waals surface area contributed by atoms with Gasteiger partial charge in [-0.05, 0) is 115 Å². The van der Waals surface area contributed by atoms with E-state index in [4.69, 9.17) is 0 Å². The van der Waals surface area contributed by atoms with Gasteiger partial charge in [0.25, 0.3) is 0 Å². The molecule has 0 fully saturated rings. The Balaban J connectivity index is 1.37. The normalized spacial score (nSPS) is 11.2. The number of benzene rings is 8. The summed E-state index contributed by atoms with van der Waals surface area (Å²) in [5.41, 5.74) is 12.7. The molecule has 0 unspecified atom stereocenters. The van der Waals surface area contributed by atoms with Crippen molar-refractivity contribution in [3.63, 3.8) is 0 Å². The van der Waals surface area contributed by atoms with Crippen LogP contribution in [0.4, 0.5) is 0 Å². The van der Waals surface area contributed by atoms with Crippen molar-refractivity contribution < 1.29 is 20.4 Å². The number of phenolic OH excluding ortho intramolecular Hbond substituents is 4. The first-order valence-corrected chi connectivity index (χ1v) is 18.0. The Labute approximate surface area is 315 Å². The molecular weight excluding hydrogens is 665 g/mol. The number of phenols is 4. The second kappa shape index (κ2) is 14.9. The van der Waals surface area contributed by atoms with E-state index in [0.717, 1.165) is 66.8 Å². The molecule has 4 N–H and O–H groups in total. The third-order valence-corrected chi connectivity index (χ3v) is 10.1. The largest absolute Gasteiger partial charge is 0.508 e. The van der Waals surface area contributed by atoms with E-state index < -0.39 is 0 Å². The van der Waals surface area contributed by atoms with Crippen LogP contribution in [0.2, 0.25) is 0 Å². The van der Waals surface area contributed by atoms with E-state index in [0.29, 0.717) is 0 Å². The highest BCUT2D eigenvalue weighted by atomic mass is 16.3. The smallest absolute Gasteiger partial charge is 0.115 e. The number of rotatable bonds is 9. The number of hydrogen-bond acceptors (Lipinski definition) is 4. The van der Waals surface area contributed by atoms with E-state index in [1.807, 2.05) is 48.5 Å². The van der Waals surface area contributed by atoms with Crippen molar-refractivity contribution in [3.8, 4) is 67.5 Å². The first-order valence-electron chi connectivity index (χ1n) is 18.0. The summed E-state index contributed by atoms with van der Waals surface area (Å²) < 4.78 is 0. The lowest BCUT2D eigenvalue weighted by Gasteiger charge is -2.31. The molecule has 8 rings (SSSR count). The van der Waals surface area contributed by atoms with Gasteiger partial charge < -0.3 is 20.4 Å². The van der Waals surface area contributed by atoms with Gasteiger partial charge in [-0.3, -0.25) is 0 Å². The van der Waals surface area contributed by atoms with Crippen LogP contribution in [0, 0.1) is 0 Å². The Morgan fingerprint density at radius 1 is 0.222 bits per heavy atom. The summed E-state index contributed by atoms with van der Waals surface area (Å²) in [4.78, 5) is 0. The van der Waals surface area contributed by atoms with E-state index in [-0.39, 0.29) is 34.8 Å². The molecule has 0 heterocycles. The highest BCUT2D eigenvalue weighted by Gasteiger charge is 2.30. The van der Waals surface area contributed by atoms with Crippen LogP contribution in [0.5, 0.6) is 23.0 Å². The van der Waals surface area contributed by atoms with Crippen LogP contribution in [0.3, 0.4) is 0 Å². The summed E-state index contributed by atoms with van der Waals surface area (Å²) in [7, 11) is 0. The van der Waals surface area contributed by atoms with Crippen LogP contribution >= 0.6 is 0 Å². The first-order chi connectivity index (χ1) is 26.4. The fraction of sp³-hybridized carbons (Fsp3) is 0.0400. The Hall–Kier alpha value is -7.04. The van der Waals surface area contributed by atoms with Gasteiger partial charge in [-0.2, -0.15) is 0 Å². The highest BCUT2D eigenvalue weighted by Crippen LogP contribution is 2.46. The van der Waals surface area contributed by atoms with Crippen molar-refractivity contribution in [2.45, 2.75) is 11.8 Å². The molecule has 0 spiro atoms. The maximum atomic E-state index is 10.1. The molecule has 4 heteroatoms. The predicted molar refractivity (Wildman–Crippen MR) is 218 cm³/mol. The maximum Gasteiger partial charge on any atom is 0.115 e. The van der Waals surface area contributed by atoms with E-state index >= 15 is 0 Å². The van der Waals surface area contributed by atoms with Gasteiger partial charge in [0, 0.05) is 11.8 Å². The fourth-order valence-electron chi connectivity index (χ4n) is 7.42. The molecule has 262 valence electrons. The topological polar surface area (TPSA) is 80.9 Å². The minimum absolute atomic E-state index is 0.163. The monoisotopic (exact) mass is 702 g/mol. The van der Waals surface area contributed by atoms with Crippen LogP contribution in [0.1, 0.15) is 34.1 Å². The Kier molecular flexibility index (Phi) is 9.40. The van der Waals surface area contributed by atoms with E-state index in [9.17, 15) is 20.4 Å². The van der Waals surface area contributed by atoms with Gasteiger partial charge in [-0.15, -0.1) is 0 Å².